The van der Waals surface area contributed by atoms with Crippen LogP contribution in [0.1, 0.15) is 5.56 Å². The molecule has 0 spiro atoms. The Kier molecular flexibility index (Phi) is 4.36. The second-order valence-corrected chi connectivity index (χ2v) is 5.23. The van der Waals surface area contributed by atoms with Gasteiger partial charge in [-0.2, -0.15) is 0 Å². The third kappa shape index (κ3) is 3.52. The Bertz CT molecular complexity index is 577. The van der Waals surface area contributed by atoms with Crippen molar-refractivity contribution in [2.75, 3.05) is 36.4 Å². The SMILES string of the molecule is Fc1ccccc1CNc1ccc(N2CCNCC2)cc1. The van der Waals surface area contributed by atoms with E-state index in [2.05, 4.69) is 39.8 Å². The zero-order valence-electron chi connectivity index (χ0n) is 12.0. The molecule has 0 radical (unpaired) electrons. The van der Waals surface area contributed by atoms with Crippen molar-refractivity contribution in [2.24, 2.45) is 0 Å². The van der Waals surface area contributed by atoms with Crippen LogP contribution in [0.4, 0.5) is 15.8 Å². The summed E-state index contributed by atoms with van der Waals surface area (Å²) >= 11 is 0. The molecule has 1 saturated heterocycles. The maximum Gasteiger partial charge on any atom is 0.128 e. The minimum absolute atomic E-state index is 0.164. The van der Waals surface area contributed by atoms with E-state index in [-0.39, 0.29) is 5.82 Å². The third-order valence-electron chi connectivity index (χ3n) is 3.79. The zero-order chi connectivity index (χ0) is 14.5. The smallest absolute Gasteiger partial charge is 0.128 e. The maximum absolute atomic E-state index is 13.5. The molecule has 0 aromatic heterocycles. The van der Waals surface area contributed by atoms with Crippen molar-refractivity contribution < 1.29 is 4.39 Å². The molecule has 110 valence electrons. The quantitative estimate of drug-likeness (QED) is 0.904. The van der Waals surface area contributed by atoms with Crippen molar-refractivity contribution >= 4 is 11.4 Å². The van der Waals surface area contributed by atoms with Gasteiger partial charge in [-0.05, 0) is 30.3 Å². The standard InChI is InChI=1S/C17H20FN3/c18-17-4-2-1-3-14(17)13-20-15-5-7-16(8-6-15)21-11-9-19-10-12-21/h1-8,19-20H,9-13H2. The fourth-order valence-electron chi connectivity index (χ4n) is 2.55. The van der Waals surface area contributed by atoms with Gasteiger partial charge >= 0.3 is 0 Å². The molecule has 1 aliphatic rings. The highest BCUT2D eigenvalue weighted by molar-refractivity contribution is 5.55. The van der Waals surface area contributed by atoms with E-state index in [0.29, 0.717) is 12.1 Å². The molecule has 0 amide bonds. The summed E-state index contributed by atoms with van der Waals surface area (Å²) < 4.78 is 13.5. The van der Waals surface area contributed by atoms with Gasteiger partial charge in [0.2, 0.25) is 0 Å². The number of nitrogens with zero attached hydrogens (tertiary/aromatic N) is 1. The molecule has 3 nitrogen and oxygen atoms in total. The van der Waals surface area contributed by atoms with Crippen molar-refractivity contribution in [1.29, 1.82) is 0 Å². The highest BCUT2D eigenvalue weighted by Crippen LogP contribution is 2.19. The first-order chi connectivity index (χ1) is 10.3. The van der Waals surface area contributed by atoms with E-state index in [0.717, 1.165) is 31.9 Å². The Hall–Kier alpha value is -2.07. The van der Waals surface area contributed by atoms with Crippen LogP contribution in [0, 0.1) is 5.82 Å². The van der Waals surface area contributed by atoms with Gasteiger partial charge in [0.25, 0.3) is 0 Å². The molecule has 0 saturated carbocycles. The monoisotopic (exact) mass is 285 g/mol. The highest BCUT2D eigenvalue weighted by Gasteiger charge is 2.09. The summed E-state index contributed by atoms with van der Waals surface area (Å²) in [5, 5.41) is 6.61. The Morgan fingerprint density at radius 3 is 2.43 bits per heavy atom. The number of hydrogen-bond acceptors (Lipinski definition) is 3. The first-order valence-electron chi connectivity index (χ1n) is 7.36. The topological polar surface area (TPSA) is 27.3 Å². The van der Waals surface area contributed by atoms with Gasteiger partial charge in [-0.1, -0.05) is 18.2 Å². The van der Waals surface area contributed by atoms with Gasteiger partial charge in [0.1, 0.15) is 5.82 Å². The van der Waals surface area contributed by atoms with Crippen LogP contribution in [0.2, 0.25) is 0 Å². The first-order valence-corrected chi connectivity index (χ1v) is 7.36. The molecule has 2 N–H and O–H groups in total. The van der Waals surface area contributed by atoms with Crippen LogP contribution in [-0.2, 0) is 6.54 Å². The maximum atomic E-state index is 13.5. The van der Waals surface area contributed by atoms with E-state index >= 15 is 0 Å². The molecule has 0 atom stereocenters. The van der Waals surface area contributed by atoms with Crippen molar-refractivity contribution in [2.45, 2.75) is 6.54 Å². The van der Waals surface area contributed by atoms with E-state index in [1.807, 2.05) is 6.07 Å². The van der Waals surface area contributed by atoms with Crippen LogP contribution in [0.3, 0.4) is 0 Å². The van der Waals surface area contributed by atoms with Gasteiger partial charge in [-0.3, -0.25) is 0 Å². The second kappa shape index (κ2) is 6.59. The van der Waals surface area contributed by atoms with Crippen molar-refractivity contribution in [3.05, 3.63) is 59.9 Å². The molecule has 3 rings (SSSR count). The predicted octanol–water partition coefficient (Wildman–Crippen LogP) is 2.85. The van der Waals surface area contributed by atoms with Crippen LogP contribution >= 0.6 is 0 Å². The summed E-state index contributed by atoms with van der Waals surface area (Å²) in [7, 11) is 0. The van der Waals surface area contributed by atoms with Gasteiger partial charge in [-0.15, -0.1) is 0 Å². The van der Waals surface area contributed by atoms with Gasteiger partial charge in [0, 0.05) is 49.7 Å². The lowest BCUT2D eigenvalue weighted by Crippen LogP contribution is -2.43. The fourth-order valence-corrected chi connectivity index (χ4v) is 2.55. The molecule has 4 heteroatoms. The molecule has 1 aliphatic heterocycles. The van der Waals surface area contributed by atoms with Gasteiger partial charge in [0.05, 0.1) is 0 Å². The lowest BCUT2D eigenvalue weighted by atomic mass is 10.2. The number of nitrogens with one attached hydrogen (secondary N) is 2. The van der Waals surface area contributed by atoms with Gasteiger partial charge in [-0.25, -0.2) is 4.39 Å². The van der Waals surface area contributed by atoms with Crippen molar-refractivity contribution in [3.63, 3.8) is 0 Å². The highest BCUT2D eigenvalue weighted by atomic mass is 19.1. The average Bonchev–Trinajstić information content (AvgIpc) is 2.55. The summed E-state index contributed by atoms with van der Waals surface area (Å²) in [4.78, 5) is 2.37. The van der Waals surface area contributed by atoms with E-state index < -0.39 is 0 Å². The largest absolute Gasteiger partial charge is 0.381 e. The van der Waals surface area contributed by atoms with Crippen LogP contribution in [0.5, 0.6) is 0 Å². The fraction of sp³-hybridized carbons (Fsp3) is 0.294. The lowest BCUT2D eigenvalue weighted by Gasteiger charge is -2.29. The Labute approximate surface area is 124 Å². The summed E-state index contributed by atoms with van der Waals surface area (Å²) in [6.07, 6.45) is 0. The van der Waals surface area contributed by atoms with Gasteiger partial charge in [0.15, 0.2) is 0 Å². The first kappa shape index (κ1) is 13.9. The van der Waals surface area contributed by atoms with E-state index in [4.69, 9.17) is 0 Å². The normalized spacial score (nSPS) is 15.0. The second-order valence-electron chi connectivity index (χ2n) is 5.23. The number of halogens is 1. The lowest BCUT2D eigenvalue weighted by molar-refractivity contribution is 0.589. The Morgan fingerprint density at radius 2 is 1.71 bits per heavy atom. The predicted molar refractivity (Wildman–Crippen MR) is 85.3 cm³/mol. The van der Waals surface area contributed by atoms with Crippen LogP contribution in [0.25, 0.3) is 0 Å². The molecule has 0 bridgehead atoms. The average molecular weight is 285 g/mol. The number of piperazine rings is 1. The number of anilines is 2. The molecule has 2 aromatic carbocycles. The van der Waals surface area contributed by atoms with Crippen molar-refractivity contribution in [3.8, 4) is 0 Å². The molecule has 2 aromatic rings. The van der Waals surface area contributed by atoms with E-state index in [1.165, 1.54) is 11.8 Å². The Balaban J connectivity index is 1.60. The van der Waals surface area contributed by atoms with Crippen molar-refractivity contribution in [1.82, 2.24) is 5.32 Å². The molecule has 0 aliphatic carbocycles. The molecule has 1 heterocycles. The van der Waals surface area contributed by atoms with Gasteiger partial charge < -0.3 is 15.5 Å². The minimum Gasteiger partial charge on any atom is -0.381 e. The number of benzene rings is 2. The minimum atomic E-state index is -0.164. The summed E-state index contributed by atoms with van der Waals surface area (Å²) in [5.74, 6) is -0.164. The molecule has 1 fully saturated rings. The molecule has 0 unspecified atom stereocenters. The molecular formula is C17H20FN3. The summed E-state index contributed by atoms with van der Waals surface area (Å²) in [6.45, 7) is 4.66. The number of rotatable bonds is 4. The molecule has 21 heavy (non-hydrogen) atoms. The summed E-state index contributed by atoms with van der Waals surface area (Å²) in [5.41, 5.74) is 2.94. The zero-order valence-corrected chi connectivity index (χ0v) is 12.0. The number of hydrogen-bond donors (Lipinski definition) is 2. The third-order valence-corrected chi connectivity index (χ3v) is 3.79. The molecular weight excluding hydrogens is 265 g/mol. The van der Waals surface area contributed by atoms with E-state index in [1.54, 1.807) is 12.1 Å². The Morgan fingerprint density at radius 1 is 1.00 bits per heavy atom. The summed E-state index contributed by atoms with van der Waals surface area (Å²) in [6, 6.07) is 15.2. The van der Waals surface area contributed by atoms with Crippen LogP contribution < -0.4 is 15.5 Å². The van der Waals surface area contributed by atoms with Crippen LogP contribution in [0.15, 0.2) is 48.5 Å². The van der Waals surface area contributed by atoms with E-state index in [9.17, 15) is 4.39 Å². The van der Waals surface area contributed by atoms with Crippen LogP contribution in [-0.4, -0.2) is 26.2 Å².